The standard InChI is InChI=1S/C22H23N5O2/c1-23-12-18-3-2-4-21(24-18)22(29)25-17-7-10-20-16(11-17)13-27(26-20)19-8-5-15(14-28)6-9-19/h2-4,7,10-11,13-15,19H,1,5-6,8-9,12H2,(H,25,29). The number of amides is 1. The summed E-state index contributed by atoms with van der Waals surface area (Å²) < 4.78 is 2.00. The van der Waals surface area contributed by atoms with Crippen LogP contribution in [0.2, 0.25) is 0 Å². The van der Waals surface area contributed by atoms with E-state index in [9.17, 15) is 9.59 Å². The van der Waals surface area contributed by atoms with Gasteiger partial charge in [0, 0.05) is 23.2 Å². The predicted octanol–water partition coefficient (Wildman–Crippen LogP) is 3.81. The predicted molar refractivity (Wildman–Crippen MR) is 112 cm³/mol. The smallest absolute Gasteiger partial charge is 0.274 e. The zero-order valence-electron chi connectivity index (χ0n) is 16.1. The van der Waals surface area contributed by atoms with Crippen molar-refractivity contribution in [2.45, 2.75) is 38.3 Å². The zero-order chi connectivity index (χ0) is 20.2. The molecule has 148 valence electrons. The molecule has 0 saturated heterocycles. The Bertz CT molecular complexity index is 1050. The first-order valence-electron chi connectivity index (χ1n) is 9.80. The minimum Gasteiger partial charge on any atom is -0.321 e. The summed E-state index contributed by atoms with van der Waals surface area (Å²) in [6.45, 7) is 3.83. The molecule has 0 unspecified atom stereocenters. The summed E-state index contributed by atoms with van der Waals surface area (Å²) in [5, 5.41) is 8.55. The molecule has 29 heavy (non-hydrogen) atoms. The Morgan fingerprint density at radius 1 is 1.24 bits per heavy atom. The van der Waals surface area contributed by atoms with Crippen molar-refractivity contribution in [3.05, 3.63) is 54.0 Å². The van der Waals surface area contributed by atoms with Crippen molar-refractivity contribution in [1.82, 2.24) is 14.8 Å². The largest absolute Gasteiger partial charge is 0.321 e. The van der Waals surface area contributed by atoms with Gasteiger partial charge in [-0.25, -0.2) is 4.98 Å². The number of hydrogen-bond acceptors (Lipinski definition) is 5. The summed E-state index contributed by atoms with van der Waals surface area (Å²) in [5.41, 5.74) is 2.63. The molecule has 1 fully saturated rings. The van der Waals surface area contributed by atoms with Gasteiger partial charge in [0.2, 0.25) is 0 Å². The summed E-state index contributed by atoms with van der Waals surface area (Å²) in [7, 11) is 0. The van der Waals surface area contributed by atoms with Gasteiger partial charge in [-0.1, -0.05) is 6.07 Å². The third kappa shape index (κ3) is 4.23. The van der Waals surface area contributed by atoms with Gasteiger partial charge in [-0.15, -0.1) is 0 Å². The number of carbonyl (C=O) groups excluding carboxylic acids is 2. The lowest BCUT2D eigenvalue weighted by atomic mass is 9.87. The number of pyridine rings is 1. The van der Waals surface area contributed by atoms with E-state index in [0.29, 0.717) is 29.7 Å². The molecule has 1 N–H and O–H groups in total. The number of fused-ring (bicyclic) bond motifs is 1. The highest BCUT2D eigenvalue weighted by atomic mass is 16.1. The van der Waals surface area contributed by atoms with E-state index in [4.69, 9.17) is 0 Å². The Labute approximate surface area is 168 Å². The SMILES string of the molecule is C=NCc1cccc(C(=O)Nc2ccc3nn(C4CCC(C=O)CC4)cc3c2)n1. The third-order valence-corrected chi connectivity index (χ3v) is 5.40. The molecule has 1 amide bonds. The van der Waals surface area contributed by atoms with Crippen LogP contribution in [0.1, 0.15) is 47.9 Å². The highest BCUT2D eigenvalue weighted by molar-refractivity contribution is 6.03. The topological polar surface area (TPSA) is 89.2 Å². The van der Waals surface area contributed by atoms with Gasteiger partial charge < -0.3 is 10.1 Å². The Balaban J connectivity index is 1.49. The molecule has 1 aliphatic rings. The maximum Gasteiger partial charge on any atom is 0.274 e. The van der Waals surface area contributed by atoms with Crippen LogP contribution < -0.4 is 5.32 Å². The fourth-order valence-corrected chi connectivity index (χ4v) is 3.82. The van der Waals surface area contributed by atoms with E-state index in [1.165, 1.54) is 0 Å². The first kappa shape index (κ1) is 19.0. The Kier molecular flexibility index (Phi) is 5.46. The van der Waals surface area contributed by atoms with E-state index in [1.807, 2.05) is 35.1 Å². The average Bonchev–Trinajstić information content (AvgIpc) is 3.17. The van der Waals surface area contributed by atoms with Crippen LogP contribution in [-0.2, 0) is 11.3 Å². The second-order valence-corrected chi connectivity index (χ2v) is 7.44. The van der Waals surface area contributed by atoms with E-state index in [0.717, 1.165) is 42.9 Å². The second kappa shape index (κ2) is 8.34. The summed E-state index contributed by atoms with van der Waals surface area (Å²) in [4.78, 5) is 31.6. The molecule has 7 heteroatoms. The Hall–Kier alpha value is -3.35. The summed E-state index contributed by atoms with van der Waals surface area (Å²) in [5.74, 6) is -0.0812. The van der Waals surface area contributed by atoms with Crippen LogP contribution in [0, 0.1) is 5.92 Å². The third-order valence-electron chi connectivity index (χ3n) is 5.40. The maximum atomic E-state index is 12.5. The number of aromatic nitrogens is 3. The van der Waals surface area contributed by atoms with Crippen molar-refractivity contribution in [3.63, 3.8) is 0 Å². The van der Waals surface area contributed by atoms with Crippen LogP contribution in [0.4, 0.5) is 5.69 Å². The number of aldehydes is 1. The quantitative estimate of drug-likeness (QED) is 0.513. The second-order valence-electron chi connectivity index (χ2n) is 7.44. The minimum atomic E-state index is -0.269. The summed E-state index contributed by atoms with van der Waals surface area (Å²) >= 11 is 0. The minimum absolute atomic E-state index is 0.187. The van der Waals surface area contributed by atoms with Gasteiger partial charge in [-0.05, 0) is 62.7 Å². The van der Waals surface area contributed by atoms with E-state index in [2.05, 4.69) is 27.1 Å². The van der Waals surface area contributed by atoms with E-state index in [1.54, 1.807) is 12.1 Å². The Morgan fingerprint density at radius 2 is 2.07 bits per heavy atom. The van der Waals surface area contributed by atoms with E-state index < -0.39 is 0 Å². The number of benzene rings is 1. The molecule has 1 aromatic carbocycles. The number of carbonyl (C=O) groups is 2. The summed E-state index contributed by atoms with van der Waals surface area (Å²) in [6.07, 6.45) is 6.85. The first-order valence-corrected chi connectivity index (χ1v) is 9.80. The highest BCUT2D eigenvalue weighted by Crippen LogP contribution is 2.32. The molecule has 1 aliphatic carbocycles. The maximum absolute atomic E-state index is 12.5. The summed E-state index contributed by atoms with van der Waals surface area (Å²) in [6, 6.07) is 11.3. The molecule has 0 radical (unpaired) electrons. The number of nitrogens with one attached hydrogen (secondary N) is 1. The fourth-order valence-electron chi connectivity index (χ4n) is 3.82. The normalized spacial score (nSPS) is 19.0. The van der Waals surface area contributed by atoms with Crippen LogP contribution in [0.25, 0.3) is 10.9 Å². The number of aliphatic imine (C=N–C) groups is 1. The molecule has 2 aromatic heterocycles. The van der Waals surface area contributed by atoms with E-state index in [-0.39, 0.29) is 11.8 Å². The van der Waals surface area contributed by atoms with E-state index >= 15 is 0 Å². The van der Waals surface area contributed by atoms with Crippen LogP contribution in [0.5, 0.6) is 0 Å². The molecule has 7 nitrogen and oxygen atoms in total. The van der Waals surface area contributed by atoms with Gasteiger partial charge in [-0.3, -0.25) is 14.5 Å². The van der Waals surface area contributed by atoms with Crippen LogP contribution >= 0.6 is 0 Å². The lowest BCUT2D eigenvalue weighted by Crippen LogP contribution is -2.19. The average molecular weight is 389 g/mol. The van der Waals surface area contributed by atoms with Crippen molar-refractivity contribution in [2.75, 3.05) is 5.32 Å². The molecule has 4 rings (SSSR count). The van der Waals surface area contributed by atoms with Gasteiger partial charge in [0.25, 0.3) is 5.91 Å². The van der Waals surface area contributed by atoms with Gasteiger partial charge in [-0.2, -0.15) is 5.10 Å². The van der Waals surface area contributed by atoms with Crippen molar-refractivity contribution in [3.8, 4) is 0 Å². The van der Waals surface area contributed by atoms with Crippen molar-refractivity contribution >= 4 is 35.5 Å². The van der Waals surface area contributed by atoms with Crippen LogP contribution in [-0.4, -0.2) is 33.7 Å². The molecule has 0 spiro atoms. The number of hydrogen-bond donors (Lipinski definition) is 1. The number of nitrogens with zero attached hydrogens (tertiary/aromatic N) is 4. The lowest BCUT2D eigenvalue weighted by molar-refractivity contribution is -0.112. The molecule has 0 aliphatic heterocycles. The molecular formula is C22H23N5O2. The van der Waals surface area contributed by atoms with Gasteiger partial charge in [0.1, 0.15) is 12.0 Å². The molecular weight excluding hydrogens is 366 g/mol. The molecule has 2 heterocycles. The first-order chi connectivity index (χ1) is 14.2. The van der Waals surface area contributed by atoms with Crippen LogP contribution in [0.15, 0.2) is 47.6 Å². The van der Waals surface area contributed by atoms with Crippen molar-refractivity contribution in [2.24, 2.45) is 10.9 Å². The van der Waals surface area contributed by atoms with Crippen molar-refractivity contribution in [1.29, 1.82) is 0 Å². The van der Waals surface area contributed by atoms with Crippen molar-refractivity contribution < 1.29 is 9.59 Å². The molecule has 3 aromatic rings. The number of rotatable bonds is 6. The molecule has 1 saturated carbocycles. The van der Waals surface area contributed by atoms with Crippen LogP contribution in [0.3, 0.4) is 0 Å². The van der Waals surface area contributed by atoms with Gasteiger partial charge >= 0.3 is 0 Å². The lowest BCUT2D eigenvalue weighted by Gasteiger charge is -2.25. The Morgan fingerprint density at radius 3 is 2.83 bits per heavy atom. The fraction of sp³-hybridized carbons (Fsp3) is 0.318. The number of anilines is 1. The zero-order valence-corrected chi connectivity index (χ0v) is 16.1. The molecule has 0 bridgehead atoms. The monoisotopic (exact) mass is 389 g/mol. The highest BCUT2D eigenvalue weighted by Gasteiger charge is 2.22. The van der Waals surface area contributed by atoms with Gasteiger partial charge in [0.05, 0.1) is 23.8 Å². The van der Waals surface area contributed by atoms with Gasteiger partial charge in [0.15, 0.2) is 0 Å². The molecule has 0 atom stereocenters.